The lowest BCUT2D eigenvalue weighted by atomic mass is 10.1. The van der Waals surface area contributed by atoms with Crippen molar-refractivity contribution in [1.82, 2.24) is 20.4 Å². The van der Waals surface area contributed by atoms with Crippen LogP contribution in [0.25, 0.3) is 0 Å². The molecule has 1 atom stereocenters. The number of rotatable bonds is 10. The molecule has 152 valence electrons. The zero-order valence-electron chi connectivity index (χ0n) is 15.9. The molecule has 0 aliphatic heterocycles. The Balaban J connectivity index is 1.89. The van der Waals surface area contributed by atoms with E-state index < -0.39 is 11.9 Å². The number of hydrogen-bond donors (Lipinski definition) is 2. The molecule has 0 bridgehead atoms. The summed E-state index contributed by atoms with van der Waals surface area (Å²) in [5.74, 6) is 0.151. The van der Waals surface area contributed by atoms with E-state index >= 15 is 0 Å². The second-order valence-electron chi connectivity index (χ2n) is 6.36. The average molecular weight is 443 g/mol. The van der Waals surface area contributed by atoms with Crippen molar-refractivity contribution in [2.24, 2.45) is 0 Å². The number of hydrogen-bond acceptors (Lipinski definition) is 4. The van der Waals surface area contributed by atoms with Gasteiger partial charge in [0.25, 0.3) is 5.91 Å². The quantitative estimate of drug-likeness (QED) is 0.551. The van der Waals surface area contributed by atoms with Crippen molar-refractivity contribution in [2.45, 2.75) is 32.4 Å². The zero-order valence-corrected chi connectivity index (χ0v) is 18.2. The lowest BCUT2D eigenvalue weighted by molar-refractivity contribution is -0.123. The summed E-state index contributed by atoms with van der Waals surface area (Å²) in [4.78, 5) is 25.1. The topological polar surface area (TPSA) is 76.0 Å². The van der Waals surface area contributed by atoms with Gasteiger partial charge in [0.1, 0.15) is 6.04 Å². The van der Waals surface area contributed by atoms with Crippen LogP contribution in [0.15, 0.2) is 30.6 Å². The summed E-state index contributed by atoms with van der Waals surface area (Å²) in [6.07, 6.45) is 6.99. The van der Waals surface area contributed by atoms with Crippen LogP contribution in [0, 0.1) is 6.92 Å². The highest BCUT2D eigenvalue weighted by Gasteiger charge is 2.22. The van der Waals surface area contributed by atoms with Gasteiger partial charge in [0.05, 0.1) is 16.8 Å². The normalized spacial score (nSPS) is 11.9. The van der Waals surface area contributed by atoms with Crippen molar-refractivity contribution in [3.05, 3.63) is 51.8 Å². The first-order valence-electron chi connectivity index (χ1n) is 8.92. The van der Waals surface area contributed by atoms with E-state index in [9.17, 15) is 9.59 Å². The van der Waals surface area contributed by atoms with Gasteiger partial charge < -0.3 is 10.6 Å². The third kappa shape index (κ3) is 7.04. The van der Waals surface area contributed by atoms with Crippen molar-refractivity contribution in [1.29, 1.82) is 0 Å². The van der Waals surface area contributed by atoms with Gasteiger partial charge in [-0.05, 0) is 55.5 Å². The largest absolute Gasteiger partial charge is 0.354 e. The molecule has 9 heteroatoms. The van der Waals surface area contributed by atoms with Gasteiger partial charge in [0, 0.05) is 24.3 Å². The predicted octanol–water partition coefficient (Wildman–Crippen LogP) is 3.56. The van der Waals surface area contributed by atoms with E-state index in [4.69, 9.17) is 23.2 Å². The fraction of sp³-hybridized carbons (Fsp3) is 0.421. The molecule has 0 saturated carbocycles. The summed E-state index contributed by atoms with van der Waals surface area (Å²) in [5, 5.41) is 10.6. The molecule has 1 unspecified atom stereocenters. The molecule has 2 amide bonds. The molecule has 2 N–H and O–H groups in total. The van der Waals surface area contributed by atoms with E-state index in [-0.39, 0.29) is 10.9 Å². The molecule has 0 aliphatic rings. The summed E-state index contributed by atoms with van der Waals surface area (Å²) in [7, 11) is 0. The fourth-order valence-electron chi connectivity index (χ4n) is 2.58. The Morgan fingerprint density at radius 3 is 2.75 bits per heavy atom. The molecule has 0 fully saturated rings. The maximum atomic E-state index is 12.6. The molecule has 1 aromatic heterocycles. The van der Waals surface area contributed by atoms with Crippen LogP contribution in [0.5, 0.6) is 0 Å². The van der Waals surface area contributed by atoms with Gasteiger partial charge in [-0.15, -0.1) is 0 Å². The number of carbonyl (C=O) groups excluding carboxylic acids is 2. The minimum Gasteiger partial charge on any atom is -0.354 e. The van der Waals surface area contributed by atoms with Gasteiger partial charge in [-0.3, -0.25) is 14.3 Å². The maximum absolute atomic E-state index is 12.6. The number of aryl methyl sites for hydroxylation is 2. The molecule has 0 radical (unpaired) electrons. The van der Waals surface area contributed by atoms with Crippen LogP contribution >= 0.6 is 35.0 Å². The third-order valence-electron chi connectivity index (χ3n) is 4.03. The van der Waals surface area contributed by atoms with Crippen molar-refractivity contribution in [3.8, 4) is 0 Å². The highest BCUT2D eigenvalue weighted by atomic mass is 35.5. The molecule has 0 aliphatic carbocycles. The number of aromatic nitrogens is 2. The molecule has 1 heterocycles. The van der Waals surface area contributed by atoms with E-state index in [0.717, 1.165) is 24.3 Å². The molecule has 28 heavy (non-hydrogen) atoms. The second-order valence-corrected chi connectivity index (χ2v) is 8.19. The third-order valence-corrected chi connectivity index (χ3v) is 5.23. The standard InChI is InChI=1S/C19H24Cl2N4O2S/c1-13-11-23-25(12-13)8-3-7-22-19(27)17(6-9-28-2)24-18(26)15-5-4-14(20)10-16(15)21/h4-5,10-12,17H,3,6-9H2,1-2H3,(H,22,27)(H,24,26). The van der Waals surface area contributed by atoms with Crippen LogP contribution in [0.3, 0.4) is 0 Å². The smallest absolute Gasteiger partial charge is 0.253 e. The van der Waals surface area contributed by atoms with Gasteiger partial charge in [-0.2, -0.15) is 16.9 Å². The van der Waals surface area contributed by atoms with Crippen LogP contribution in [0.1, 0.15) is 28.8 Å². The summed E-state index contributed by atoms with van der Waals surface area (Å²) in [5.41, 5.74) is 1.40. The van der Waals surface area contributed by atoms with Crippen molar-refractivity contribution < 1.29 is 9.59 Å². The molecular formula is C19H24Cl2N4O2S. The number of benzene rings is 1. The van der Waals surface area contributed by atoms with Crippen LogP contribution < -0.4 is 10.6 Å². The van der Waals surface area contributed by atoms with Gasteiger partial charge in [0.2, 0.25) is 5.91 Å². The minimum atomic E-state index is -0.626. The first-order chi connectivity index (χ1) is 13.4. The second kappa shape index (κ2) is 11.3. The van der Waals surface area contributed by atoms with Crippen LogP contribution in [-0.4, -0.2) is 46.2 Å². The van der Waals surface area contributed by atoms with E-state index in [1.807, 2.05) is 24.1 Å². The first-order valence-corrected chi connectivity index (χ1v) is 11.1. The van der Waals surface area contributed by atoms with Crippen LogP contribution in [-0.2, 0) is 11.3 Å². The molecule has 1 aromatic carbocycles. The molecule has 0 spiro atoms. The SMILES string of the molecule is CSCCC(NC(=O)c1ccc(Cl)cc1Cl)C(=O)NCCCn1cc(C)cn1. The summed E-state index contributed by atoms with van der Waals surface area (Å²) in [6, 6.07) is 4.02. The average Bonchev–Trinajstić information content (AvgIpc) is 3.07. The van der Waals surface area contributed by atoms with Crippen LogP contribution in [0.4, 0.5) is 0 Å². The van der Waals surface area contributed by atoms with Gasteiger partial charge in [0.15, 0.2) is 0 Å². The minimum absolute atomic E-state index is 0.205. The van der Waals surface area contributed by atoms with Crippen LogP contribution in [0.2, 0.25) is 10.0 Å². The van der Waals surface area contributed by atoms with E-state index in [1.165, 1.54) is 6.07 Å². The number of thioether (sulfide) groups is 1. The molecule has 2 rings (SSSR count). The van der Waals surface area contributed by atoms with Crippen molar-refractivity contribution in [2.75, 3.05) is 18.6 Å². The Labute approximate surface area is 179 Å². The predicted molar refractivity (Wildman–Crippen MR) is 115 cm³/mol. The van der Waals surface area contributed by atoms with Gasteiger partial charge in [-0.1, -0.05) is 23.2 Å². The van der Waals surface area contributed by atoms with E-state index in [2.05, 4.69) is 15.7 Å². The highest BCUT2D eigenvalue weighted by molar-refractivity contribution is 7.98. The van der Waals surface area contributed by atoms with E-state index in [1.54, 1.807) is 30.1 Å². The lowest BCUT2D eigenvalue weighted by Gasteiger charge is -2.18. The summed E-state index contributed by atoms with van der Waals surface area (Å²) in [6.45, 7) is 3.21. The number of nitrogens with zero attached hydrogens (tertiary/aromatic N) is 2. The summed E-state index contributed by atoms with van der Waals surface area (Å²) >= 11 is 13.6. The monoisotopic (exact) mass is 442 g/mol. The van der Waals surface area contributed by atoms with E-state index in [0.29, 0.717) is 23.6 Å². The molecule has 0 saturated heterocycles. The molecule has 2 aromatic rings. The maximum Gasteiger partial charge on any atom is 0.253 e. The van der Waals surface area contributed by atoms with Gasteiger partial charge >= 0.3 is 0 Å². The number of nitrogens with one attached hydrogen (secondary N) is 2. The fourth-order valence-corrected chi connectivity index (χ4v) is 3.54. The Bertz CT molecular complexity index is 813. The first kappa shape index (κ1) is 22.6. The Kier molecular flexibility index (Phi) is 9.15. The Morgan fingerprint density at radius 2 is 2.11 bits per heavy atom. The molecule has 6 nitrogen and oxygen atoms in total. The van der Waals surface area contributed by atoms with Gasteiger partial charge in [-0.25, -0.2) is 0 Å². The highest BCUT2D eigenvalue weighted by Crippen LogP contribution is 2.21. The number of halogens is 2. The Morgan fingerprint density at radius 1 is 1.32 bits per heavy atom. The van der Waals surface area contributed by atoms with Crippen molar-refractivity contribution >= 4 is 46.8 Å². The van der Waals surface area contributed by atoms with Crippen molar-refractivity contribution in [3.63, 3.8) is 0 Å². The zero-order chi connectivity index (χ0) is 20.5. The summed E-state index contributed by atoms with van der Waals surface area (Å²) < 4.78 is 1.84. The Hall–Kier alpha value is -1.70. The number of carbonyl (C=O) groups is 2. The lowest BCUT2D eigenvalue weighted by Crippen LogP contribution is -2.47. The molecular weight excluding hydrogens is 419 g/mol. The number of amides is 2.